The molecule has 0 aliphatic carbocycles. The Kier molecular flexibility index (Phi) is 4.99. The summed E-state index contributed by atoms with van der Waals surface area (Å²) in [5, 5.41) is 3.01. The zero-order chi connectivity index (χ0) is 15.2. The van der Waals surface area contributed by atoms with Crippen molar-refractivity contribution in [2.24, 2.45) is 0 Å². The van der Waals surface area contributed by atoms with Gasteiger partial charge in [0.25, 0.3) is 0 Å². The van der Waals surface area contributed by atoms with Gasteiger partial charge in [0.05, 0.1) is 5.92 Å². The van der Waals surface area contributed by atoms with Gasteiger partial charge in [0.15, 0.2) is 0 Å². The van der Waals surface area contributed by atoms with E-state index in [4.69, 9.17) is 5.73 Å². The number of amides is 1. The van der Waals surface area contributed by atoms with Crippen LogP contribution in [-0.4, -0.2) is 5.91 Å². The summed E-state index contributed by atoms with van der Waals surface area (Å²) in [6.07, 6.45) is 0.969. The molecule has 2 rings (SSSR count). The molecule has 0 saturated carbocycles. The second kappa shape index (κ2) is 6.93. The van der Waals surface area contributed by atoms with Crippen LogP contribution in [0.1, 0.15) is 36.5 Å². The molecule has 1 unspecified atom stereocenters. The lowest BCUT2D eigenvalue weighted by molar-refractivity contribution is -0.122. The van der Waals surface area contributed by atoms with Crippen LogP contribution in [0.2, 0.25) is 0 Å². The van der Waals surface area contributed by atoms with Crippen LogP contribution in [-0.2, 0) is 17.8 Å². The Morgan fingerprint density at radius 1 is 1.14 bits per heavy atom. The number of rotatable bonds is 5. The predicted octanol–water partition coefficient (Wildman–Crippen LogP) is 3.25. The largest absolute Gasteiger partial charge is 0.399 e. The molecule has 0 radical (unpaired) electrons. The van der Waals surface area contributed by atoms with Gasteiger partial charge in [-0.3, -0.25) is 4.79 Å². The number of aryl methyl sites for hydroxylation is 1. The second-order valence-corrected chi connectivity index (χ2v) is 5.23. The van der Waals surface area contributed by atoms with E-state index in [2.05, 4.69) is 24.4 Å². The average molecular weight is 282 g/mol. The van der Waals surface area contributed by atoms with E-state index in [0.717, 1.165) is 12.0 Å². The van der Waals surface area contributed by atoms with E-state index in [1.54, 1.807) is 0 Å². The first-order chi connectivity index (χ1) is 10.1. The van der Waals surface area contributed by atoms with Crippen molar-refractivity contribution >= 4 is 11.6 Å². The van der Waals surface area contributed by atoms with Crippen molar-refractivity contribution in [3.05, 3.63) is 65.2 Å². The van der Waals surface area contributed by atoms with Crippen molar-refractivity contribution in [3.63, 3.8) is 0 Å². The van der Waals surface area contributed by atoms with Gasteiger partial charge in [0, 0.05) is 12.2 Å². The Balaban J connectivity index is 2.01. The second-order valence-electron chi connectivity index (χ2n) is 5.23. The van der Waals surface area contributed by atoms with Gasteiger partial charge in [-0.15, -0.1) is 0 Å². The summed E-state index contributed by atoms with van der Waals surface area (Å²) >= 11 is 0. The van der Waals surface area contributed by atoms with Crippen molar-refractivity contribution in [3.8, 4) is 0 Å². The van der Waals surface area contributed by atoms with Crippen molar-refractivity contribution in [1.82, 2.24) is 5.32 Å². The first kappa shape index (κ1) is 15.1. The van der Waals surface area contributed by atoms with Gasteiger partial charge in [-0.05, 0) is 42.2 Å². The molecule has 0 spiro atoms. The summed E-state index contributed by atoms with van der Waals surface area (Å²) < 4.78 is 0. The molecule has 1 atom stereocenters. The number of nitrogens with two attached hydrogens (primary N) is 1. The summed E-state index contributed by atoms with van der Waals surface area (Å²) in [7, 11) is 0. The standard InChI is InChI=1S/C18H22N2O/c1-3-14-7-4-5-8-16(14)12-20-18(21)13(2)15-9-6-10-17(19)11-15/h4-11,13H,3,12,19H2,1-2H3,(H,20,21). The maximum Gasteiger partial charge on any atom is 0.227 e. The van der Waals surface area contributed by atoms with E-state index < -0.39 is 0 Å². The van der Waals surface area contributed by atoms with Crippen LogP contribution in [0, 0.1) is 0 Å². The van der Waals surface area contributed by atoms with Gasteiger partial charge < -0.3 is 11.1 Å². The highest BCUT2D eigenvalue weighted by Crippen LogP contribution is 2.18. The Bertz CT molecular complexity index is 622. The van der Waals surface area contributed by atoms with Gasteiger partial charge in [0.2, 0.25) is 5.91 Å². The number of anilines is 1. The minimum Gasteiger partial charge on any atom is -0.399 e. The quantitative estimate of drug-likeness (QED) is 0.827. The lowest BCUT2D eigenvalue weighted by Crippen LogP contribution is -2.28. The number of carbonyl (C=O) groups is 1. The van der Waals surface area contributed by atoms with E-state index in [1.165, 1.54) is 11.1 Å². The van der Waals surface area contributed by atoms with Crippen molar-refractivity contribution in [2.75, 3.05) is 5.73 Å². The molecule has 3 N–H and O–H groups in total. The van der Waals surface area contributed by atoms with E-state index in [-0.39, 0.29) is 11.8 Å². The minimum absolute atomic E-state index is 0.0199. The highest BCUT2D eigenvalue weighted by Gasteiger charge is 2.15. The lowest BCUT2D eigenvalue weighted by Gasteiger charge is -2.14. The zero-order valence-corrected chi connectivity index (χ0v) is 12.6. The van der Waals surface area contributed by atoms with Crippen LogP contribution in [0.15, 0.2) is 48.5 Å². The number of hydrogen-bond acceptors (Lipinski definition) is 2. The summed E-state index contributed by atoms with van der Waals surface area (Å²) in [5.74, 6) is -0.186. The van der Waals surface area contributed by atoms with Crippen LogP contribution in [0.5, 0.6) is 0 Å². The van der Waals surface area contributed by atoms with E-state index >= 15 is 0 Å². The summed E-state index contributed by atoms with van der Waals surface area (Å²) in [6, 6.07) is 15.7. The van der Waals surface area contributed by atoms with Gasteiger partial charge in [-0.2, -0.15) is 0 Å². The molecule has 0 saturated heterocycles. The normalized spacial score (nSPS) is 11.9. The highest BCUT2D eigenvalue weighted by molar-refractivity contribution is 5.83. The van der Waals surface area contributed by atoms with Crippen LogP contribution < -0.4 is 11.1 Å². The van der Waals surface area contributed by atoms with E-state index in [0.29, 0.717) is 12.2 Å². The number of nitrogen functional groups attached to an aromatic ring is 1. The molecule has 3 nitrogen and oxygen atoms in total. The molecule has 21 heavy (non-hydrogen) atoms. The fourth-order valence-electron chi connectivity index (χ4n) is 2.39. The Hall–Kier alpha value is -2.29. The Morgan fingerprint density at radius 3 is 2.52 bits per heavy atom. The van der Waals surface area contributed by atoms with E-state index in [9.17, 15) is 4.79 Å². The van der Waals surface area contributed by atoms with Crippen LogP contribution in [0.25, 0.3) is 0 Å². The number of carbonyl (C=O) groups excluding carboxylic acids is 1. The topological polar surface area (TPSA) is 55.1 Å². The molecule has 0 heterocycles. The molecular formula is C18H22N2O. The monoisotopic (exact) mass is 282 g/mol. The molecule has 0 aliphatic rings. The van der Waals surface area contributed by atoms with Gasteiger partial charge >= 0.3 is 0 Å². The molecule has 1 amide bonds. The molecule has 0 aliphatic heterocycles. The average Bonchev–Trinajstić information content (AvgIpc) is 2.52. The van der Waals surface area contributed by atoms with Crippen molar-refractivity contribution in [1.29, 1.82) is 0 Å². The third-order valence-corrected chi connectivity index (χ3v) is 3.76. The van der Waals surface area contributed by atoms with Crippen molar-refractivity contribution in [2.45, 2.75) is 32.7 Å². The van der Waals surface area contributed by atoms with Crippen LogP contribution >= 0.6 is 0 Å². The SMILES string of the molecule is CCc1ccccc1CNC(=O)C(C)c1cccc(N)c1. The maximum absolute atomic E-state index is 12.3. The molecule has 2 aromatic rings. The predicted molar refractivity (Wildman–Crippen MR) is 86.9 cm³/mol. The summed E-state index contributed by atoms with van der Waals surface area (Å²) in [6.45, 7) is 4.58. The molecular weight excluding hydrogens is 260 g/mol. The Morgan fingerprint density at radius 2 is 1.86 bits per heavy atom. The molecule has 3 heteroatoms. The fourth-order valence-corrected chi connectivity index (χ4v) is 2.39. The summed E-state index contributed by atoms with van der Waals surface area (Å²) in [5.41, 5.74) is 9.84. The van der Waals surface area contributed by atoms with Gasteiger partial charge in [0.1, 0.15) is 0 Å². The van der Waals surface area contributed by atoms with Crippen molar-refractivity contribution < 1.29 is 4.79 Å². The first-order valence-corrected chi connectivity index (χ1v) is 7.31. The zero-order valence-electron chi connectivity index (χ0n) is 12.6. The summed E-state index contributed by atoms with van der Waals surface area (Å²) in [4.78, 5) is 12.3. The number of nitrogens with one attached hydrogen (secondary N) is 1. The number of benzene rings is 2. The third-order valence-electron chi connectivity index (χ3n) is 3.76. The van der Waals surface area contributed by atoms with Gasteiger partial charge in [-0.25, -0.2) is 0 Å². The molecule has 2 aromatic carbocycles. The molecule has 0 fully saturated rings. The molecule has 0 aromatic heterocycles. The van der Waals surface area contributed by atoms with Crippen LogP contribution in [0.4, 0.5) is 5.69 Å². The number of hydrogen-bond donors (Lipinski definition) is 2. The van der Waals surface area contributed by atoms with E-state index in [1.807, 2.05) is 43.3 Å². The fraction of sp³-hybridized carbons (Fsp3) is 0.278. The van der Waals surface area contributed by atoms with Gasteiger partial charge in [-0.1, -0.05) is 43.3 Å². The Labute approximate surface area is 126 Å². The van der Waals surface area contributed by atoms with Crippen LogP contribution in [0.3, 0.4) is 0 Å². The smallest absolute Gasteiger partial charge is 0.227 e. The molecule has 0 bridgehead atoms. The third kappa shape index (κ3) is 3.85. The lowest BCUT2D eigenvalue weighted by atomic mass is 9.99. The maximum atomic E-state index is 12.3. The first-order valence-electron chi connectivity index (χ1n) is 7.31. The highest BCUT2D eigenvalue weighted by atomic mass is 16.1. The molecule has 110 valence electrons. The minimum atomic E-state index is -0.206.